The number of rotatable bonds is 50. The minimum atomic E-state index is -1.48. The summed E-state index contributed by atoms with van der Waals surface area (Å²) >= 11 is 0. The minimum Gasteiger partial charge on any atom is -0.480 e. The summed E-state index contributed by atoms with van der Waals surface area (Å²) in [5, 5.41) is 29.2. The normalized spacial score (nSPS) is 14.7. The van der Waals surface area contributed by atoms with Crippen LogP contribution in [0.4, 0.5) is 0 Å². The zero-order chi connectivity index (χ0) is 59.4. The summed E-state index contributed by atoms with van der Waals surface area (Å²) in [5.41, 5.74) is 52.5. The van der Waals surface area contributed by atoms with Crippen molar-refractivity contribution in [2.24, 2.45) is 51.6 Å². The second-order valence-electron chi connectivity index (χ2n) is 19.4. The third kappa shape index (κ3) is 36.5. The van der Waals surface area contributed by atoms with Crippen LogP contribution in [0.3, 0.4) is 0 Å². The first-order chi connectivity index (χ1) is 37.8. The zero-order valence-electron chi connectivity index (χ0n) is 46.7. The van der Waals surface area contributed by atoms with E-state index in [1.807, 2.05) is 0 Å². The number of esters is 1. The van der Waals surface area contributed by atoms with Gasteiger partial charge in [-0.2, -0.15) is 0 Å². The molecule has 0 spiro atoms. The highest BCUT2D eigenvalue weighted by molar-refractivity contribution is 8.76. The molecule has 0 rings (SSSR count). The summed E-state index contributed by atoms with van der Waals surface area (Å²) in [6.07, 6.45) is 9.76. The summed E-state index contributed by atoms with van der Waals surface area (Å²) < 4.78 is 4.97. The highest BCUT2D eigenvalue weighted by Crippen LogP contribution is 2.24. The van der Waals surface area contributed by atoms with Crippen LogP contribution in [0.25, 0.3) is 0 Å². The van der Waals surface area contributed by atoms with E-state index in [0.717, 1.165) is 34.4 Å². The number of aliphatic carboxylic acids is 1. The number of unbranched alkanes of at least 4 members (excludes halogenated alkanes) is 7. The molecule has 0 saturated heterocycles. The van der Waals surface area contributed by atoms with Crippen molar-refractivity contribution in [1.82, 2.24) is 37.2 Å². The fourth-order valence-electron chi connectivity index (χ4n) is 7.61. The zero-order valence-corrected chi connectivity index (χ0v) is 48.3. The Kier molecular flexibility index (Phi) is 44.6. The summed E-state index contributed by atoms with van der Waals surface area (Å²) in [5.74, 6) is -6.18. The van der Waals surface area contributed by atoms with E-state index in [4.69, 9.17) is 56.3 Å². The Hall–Kier alpha value is -4.43. The first-order valence-corrected chi connectivity index (χ1v) is 30.5. The predicted molar refractivity (Wildman–Crippen MR) is 309 cm³/mol. The maximum Gasteiger partial charge on any atom is 0.327 e. The third-order valence-electron chi connectivity index (χ3n) is 12.6. The van der Waals surface area contributed by atoms with E-state index in [0.29, 0.717) is 135 Å². The van der Waals surface area contributed by atoms with Crippen molar-refractivity contribution in [3.63, 3.8) is 0 Å². The van der Waals surface area contributed by atoms with Crippen molar-refractivity contribution >= 4 is 74.9 Å². The van der Waals surface area contributed by atoms with Crippen LogP contribution < -0.4 is 88.8 Å². The number of ether oxygens (including phenoxy) is 1. The minimum absolute atomic E-state index is 0.0807. The van der Waals surface area contributed by atoms with Crippen molar-refractivity contribution in [3.05, 3.63) is 0 Å². The molecule has 26 N–H and O–H groups in total. The molecule has 27 nitrogen and oxygen atoms in total. The van der Waals surface area contributed by atoms with Crippen LogP contribution in [-0.4, -0.2) is 177 Å². The molecule has 79 heavy (non-hydrogen) atoms. The van der Waals surface area contributed by atoms with Crippen molar-refractivity contribution in [2.45, 2.75) is 196 Å². The molecule has 29 heteroatoms. The first-order valence-electron chi connectivity index (χ1n) is 28.0. The third-order valence-corrected chi connectivity index (χ3v) is 15.0. The number of hydrogen-bond donors (Lipinski definition) is 17. The largest absolute Gasteiger partial charge is 0.480 e. The molecule has 9 atom stereocenters. The Labute approximate surface area is 475 Å². The topological polar surface area (TPSA) is 501 Å². The average Bonchev–Trinajstić information content (AvgIpc) is 3.42. The summed E-state index contributed by atoms with van der Waals surface area (Å²) in [6, 6.07) is -9.21. The quantitative estimate of drug-likeness (QED) is 0.0164. The lowest BCUT2D eigenvalue weighted by Crippen LogP contribution is -2.56. The van der Waals surface area contributed by atoms with Gasteiger partial charge in [-0.05, 0) is 142 Å². The number of carboxylic acid groups (broad SMARTS) is 1. The molecule has 0 aliphatic heterocycles. The second kappa shape index (κ2) is 47.2. The molecule has 0 bridgehead atoms. The van der Waals surface area contributed by atoms with E-state index in [2.05, 4.69) is 37.2 Å². The monoisotopic (exact) mass is 1160 g/mol. The van der Waals surface area contributed by atoms with Crippen LogP contribution in [0.5, 0.6) is 0 Å². The lowest BCUT2D eigenvalue weighted by Gasteiger charge is -2.25. The van der Waals surface area contributed by atoms with E-state index < -0.39 is 95.9 Å². The fraction of sp³-hybridized carbons (Fsp3) is 0.820. The smallest absolute Gasteiger partial charge is 0.327 e. The molecular weight excluding hydrogens is 1060 g/mol. The standard InChI is InChI=1S/C50H100N16O11S2/c1-2-77-50(76)37(59)21-7-14-30-62-46(71)40(65-47(72)38(63-44(69)35(57)19-5-12-26-53)22-8-15-28-60-42(67)33(55)17-3-10-24-51)31-78-79-32-41(49(74)75)66-48(73)39(64-45(70)36(58)20-6-13-27-54)23-9-16-29-61-43(68)34(56)18-4-11-25-52/h33-41H,2-32,51-59H2,1H3,(H,60,67)(H,61,68)(H,62,71)(H,63,69)(H,64,70)(H,65,72)(H,66,73)(H,74,75)/t33-,34-,35-,36-,37-,38-,39-,40-,41-/m0/s1. The number of carboxylic acids is 1. The van der Waals surface area contributed by atoms with Crippen LogP contribution in [0, 0.1) is 0 Å². The molecule has 0 aliphatic carbocycles. The number of carbonyl (C=O) groups excluding carboxylic acids is 8. The van der Waals surface area contributed by atoms with E-state index in [9.17, 15) is 48.3 Å². The molecule has 0 radical (unpaired) electrons. The number of nitrogens with two attached hydrogens (primary N) is 9. The van der Waals surface area contributed by atoms with Gasteiger partial charge in [-0.1, -0.05) is 47.3 Å². The molecule has 0 aromatic rings. The van der Waals surface area contributed by atoms with E-state index >= 15 is 0 Å². The van der Waals surface area contributed by atoms with Crippen molar-refractivity contribution in [1.29, 1.82) is 0 Å². The van der Waals surface area contributed by atoms with Gasteiger partial charge in [-0.15, -0.1) is 0 Å². The molecule has 7 amide bonds. The van der Waals surface area contributed by atoms with Gasteiger partial charge in [-0.3, -0.25) is 38.4 Å². The maximum absolute atomic E-state index is 14.1. The molecule has 0 saturated carbocycles. The summed E-state index contributed by atoms with van der Waals surface area (Å²) in [7, 11) is 2.04. The van der Waals surface area contributed by atoms with Crippen LogP contribution in [0.1, 0.15) is 142 Å². The van der Waals surface area contributed by atoms with E-state index in [1.165, 1.54) is 0 Å². The Balaban J connectivity index is 6.26. The lowest BCUT2D eigenvalue weighted by atomic mass is 10.1. The maximum atomic E-state index is 14.1. The molecule has 0 aliphatic rings. The van der Waals surface area contributed by atoms with E-state index in [1.54, 1.807) is 6.92 Å². The number of hydrogen-bond acceptors (Lipinski definition) is 21. The molecule has 458 valence electrons. The second-order valence-corrected chi connectivity index (χ2v) is 22.0. The Morgan fingerprint density at radius 3 is 1.05 bits per heavy atom. The molecular formula is C50H100N16O11S2. The van der Waals surface area contributed by atoms with Gasteiger partial charge in [-0.25, -0.2) is 4.79 Å². The van der Waals surface area contributed by atoms with E-state index in [-0.39, 0.29) is 62.4 Å². The van der Waals surface area contributed by atoms with Gasteiger partial charge < -0.3 is 98.7 Å². The van der Waals surface area contributed by atoms with Crippen molar-refractivity contribution in [3.8, 4) is 0 Å². The van der Waals surface area contributed by atoms with Crippen molar-refractivity contribution in [2.75, 3.05) is 63.9 Å². The highest BCUT2D eigenvalue weighted by Gasteiger charge is 2.31. The molecule has 0 aromatic heterocycles. The van der Waals surface area contributed by atoms with Gasteiger partial charge in [0.15, 0.2) is 0 Å². The first kappa shape index (κ1) is 74.6. The Morgan fingerprint density at radius 1 is 0.380 bits per heavy atom. The van der Waals surface area contributed by atoms with Gasteiger partial charge in [0.1, 0.15) is 30.2 Å². The summed E-state index contributed by atoms with van der Waals surface area (Å²) in [4.78, 5) is 118. The van der Waals surface area contributed by atoms with Gasteiger partial charge in [0.2, 0.25) is 41.4 Å². The number of nitrogens with one attached hydrogen (secondary N) is 7. The molecule has 0 fully saturated rings. The van der Waals surface area contributed by atoms with Crippen LogP contribution in [0.2, 0.25) is 0 Å². The van der Waals surface area contributed by atoms with Gasteiger partial charge in [0.25, 0.3) is 0 Å². The average molecular weight is 1170 g/mol. The van der Waals surface area contributed by atoms with Gasteiger partial charge in [0, 0.05) is 31.1 Å². The fourth-order valence-corrected chi connectivity index (χ4v) is 9.93. The molecule has 0 heterocycles. The number of carbonyl (C=O) groups is 9. The number of amides is 7. The SMILES string of the molecule is CCOC(=O)[C@@H](N)CCCCNC(=O)[C@H](CSSC[C@H](NC(=O)[C@H](CCCCNC(=O)[C@@H](N)CCCCN)NC(=O)[C@@H](N)CCCCN)C(=O)O)NC(=O)[C@H](CCCCNC(=O)[C@@H](N)CCCCN)NC(=O)[C@@H](N)CCCCN. The lowest BCUT2D eigenvalue weighted by molar-refractivity contribution is -0.145. The van der Waals surface area contributed by atoms with Crippen LogP contribution in [-0.2, 0) is 47.9 Å². The molecule has 0 unspecified atom stereocenters. The van der Waals surface area contributed by atoms with Crippen LogP contribution in [0.15, 0.2) is 0 Å². The summed E-state index contributed by atoms with van der Waals surface area (Å²) in [6.45, 7) is 4.28. The highest BCUT2D eigenvalue weighted by atomic mass is 33.1. The molecule has 0 aromatic carbocycles. The van der Waals surface area contributed by atoms with Crippen LogP contribution >= 0.6 is 21.6 Å². The predicted octanol–water partition coefficient (Wildman–Crippen LogP) is -3.03. The van der Waals surface area contributed by atoms with Crippen molar-refractivity contribution < 1.29 is 53.0 Å². The Bertz CT molecular complexity index is 1770. The Morgan fingerprint density at radius 2 is 0.684 bits per heavy atom. The van der Waals surface area contributed by atoms with Gasteiger partial charge >= 0.3 is 11.9 Å². The van der Waals surface area contributed by atoms with Gasteiger partial charge in [0.05, 0.1) is 30.8 Å².